The average Bonchev–Trinajstić information content (AvgIpc) is 2.71. The fraction of sp³-hybridized carbons (Fsp3) is 0.600. The van der Waals surface area contributed by atoms with Crippen LogP contribution in [0.5, 0.6) is 0 Å². The maximum Gasteiger partial charge on any atom is 0.0343 e. The number of anilines is 1. The van der Waals surface area contributed by atoms with Crippen LogP contribution < -0.4 is 5.32 Å². The molecule has 0 spiro atoms. The van der Waals surface area contributed by atoms with Crippen LogP contribution in [-0.2, 0) is 12.8 Å². The molecule has 0 radical (unpaired) electrons. The van der Waals surface area contributed by atoms with Crippen LogP contribution in [-0.4, -0.2) is 6.54 Å². The van der Waals surface area contributed by atoms with Gasteiger partial charge >= 0.3 is 0 Å². The molecule has 1 aliphatic carbocycles. The second-order valence-corrected chi connectivity index (χ2v) is 5.30. The molecule has 0 unspecified atom stereocenters. The van der Waals surface area contributed by atoms with E-state index in [0.717, 1.165) is 12.5 Å². The van der Waals surface area contributed by atoms with Crippen LogP contribution in [0.25, 0.3) is 0 Å². The Morgan fingerprint density at radius 1 is 1.19 bits per heavy atom. The summed E-state index contributed by atoms with van der Waals surface area (Å²) in [7, 11) is 0. The first-order valence-corrected chi connectivity index (χ1v) is 6.61. The first kappa shape index (κ1) is 11.5. The number of nitrogens with one attached hydrogen (secondary N) is 1. The predicted molar refractivity (Wildman–Crippen MR) is 71.0 cm³/mol. The summed E-state index contributed by atoms with van der Waals surface area (Å²) in [5.41, 5.74) is 4.44. The SMILES string of the molecule is CC(C)CCCNc1ccc2c(c1)CCC2. The lowest BCUT2D eigenvalue weighted by Gasteiger charge is -2.09. The van der Waals surface area contributed by atoms with E-state index >= 15 is 0 Å². The van der Waals surface area contributed by atoms with Gasteiger partial charge in [-0.2, -0.15) is 0 Å². The van der Waals surface area contributed by atoms with Gasteiger partial charge in [0.05, 0.1) is 0 Å². The molecule has 88 valence electrons. The highest BCUT2D eigenvalue weighted by Gasteiger charge is 2.10. The minimum Gasteiger partial charge on any atom is -0.385 e. The van der Waals surface area contributed by atoms with Crippen molar-refractivity contribution in [3.8, 4) is 0 Å². The minimum atomic E-state index is 0.821. The average molecular weight is 217 g/mol. The molecule has 0 aromatic heterocycles. The number of rotatable bonds is 5. The predicted octanol–water partition coefficient (Wildman–Crippen LogP) is 4.02. The summed E-state index contributed by atoms with van der Waals surface area (Å²) in [6, 6.07) is 6.88. The smallest absolute Gasteiger partial charge is 0.0343 e. The normalized spacial score (nSPS) is 14.2. The van der Waals surface area contributed by atoms with Gasteiger partial charge in [0.25, 0.3) is 0 Å². The zero-order chi connectivity index (χ0) is 11.4. The minimum absolute atomic E-state index is 0.821. The van der Waals surface area contributed by atoms with E-state index in [9.17, 15) is 0 Å². The lowest BCUT2D eigenvalue weighted by atomic mass is 10.1. The molecule has 0 fully saturated rings. The van der Waals surface area contributed by atoms with Crippen LogP contribution in [0, 0.1) is 5.92 Å². The van der Waals surface area contributed by atoms with E-state index in [4.69, 9.17) is 0 Å². The van der Waals surface area contributed by atoms with E-state index in [-0.39, 0.29) is 0 Å². The Morgan fingerprint density at radius 3 is 2.81 bits per heavy atom. The second-order valence-electron chi connectivity index (χ2n) is 5.30. The molecule has 0 saturated heterocycles. The van der Waals surface area contributed by atoms with Crippen molar-refractivity contribution in [2.24, 2.45) is 5.92 Å². The summed E-state index contributed by atoms with van der Waals surface area (Å²) in [5.74, 6) is 0.821. The zero-order valence-corrected chi connectivity index (χ0v) is 10.6. The molecule has 0 heterocycles. The van der Waals surface area contributed by atoms with Gasteiger partial charge in [0.2, 0.25) is 0 Å². The van der Waals surface area contributed by atoms with Gasteiger partial charge in [0.15, 0.2) is 0 Å². The fourth-order valence-corrected chi connectivity index (χ4v) is 2.42. The number of benzene rings is 1. The van der Waals surface area contributed by atoms with Crippen molar-refractivity contribution in [3.05, 3.63) is 29.3 Å². The number of fused-ring (bicyclic) bond motifs is 1. The third-order valence-corrected chi connectivity index (χ3v) is 3.39. The lowest BCUT2D eigenvalue weighted by Crippen LogP contribution is -2.03. The molecule has 1 aliphatic rings. The molecule has 0 atom stereocenters. The Hall–Kier alpha value is -0.980. The van der Waals surface area contributed by atoms with Crippen molar-refractivity contribution in [2.75, 3.05) is 11.9 Å². The Bertz CT molecular complexity index is 341. The monoisotopic (exact) mass is 217 g/mol. The summed E-state index contributed by atoms with van der Waals surface area (Å²) in [4.78, 5) is 0. The molecule has 2 rings (SSSR count). The zero-order valence-electron chi connectivity index (χ0n) is 10.6. The third kappa shape index (κ3) is 3.01. The van der Waals surface area contributed by atoms with Crippen molar-refractivity contribution in [1.82, 2.24) is 0 Å². The maximum atomic E-state index is 3.53. The van der Waals surface area contributed by atoms with Crippen LogP contribution in [0.15, 0.2) is 18.2 Å². The lowest BCUT2D eigenvalue weighted by molar-refractivity contribution is 0.567. The first-order valence-electron chi connectivity index (χ1n) is 6.61. The van der Waals surface area contributed by atoms with Gasteiger partial charge in [0, 0.05) is 12.2 Å². The van der Waals surface area contributed by atoms with Crippen LogP contribution >= 0.6 is 0 Å². The standard InChI is InChI=1S/C15H23N/c1-12(2)5-4-10-16-15-9-8-13-6-3-7-14(13)11-15/h8-9,11-12,16H,3-7,10H2,1-2H3. The van der Waals surface area contributed by atoms with Gasteiger partial charge in [-0.15, -0.1) is 0 Å². The third-order valence-electron chi connectivity index (χ3n) is 3.39. The van der Waals surface area contributed by atoms with E-state index in [1.807, 2.05) is 0 Å². The van der Waals surface area contributed by atoms with E-state index < -0.39 is 0 Å². The molecule has 1 nitrogen and oxygen atoms in total. The van der Waals surface area contributed by atoms with Gasteiger partial charge in [0.1, 0.15) is 0 Å². The Balaban J connectivity index is 1.81. The Morgan fingerprint density at radius 2 is 2.00 bits per heavy atom. The number of hydrogen-bond donors (Lipinski definition) is 1. The van der Waals surface area contributed by atoms with Crippen molar-refractivity contribution in [2.45, 2.75) is 46.0 Å². The van der Waals surface area contributed by atoms with Crippen LogP contribution in [0.1, 0.15) is 44.2 Å². The number of hydrogen-bond acceptors (Lipinski definition) is 1. The van der Waals surface area contributed by atoms with Gasteiger partial charge in [-0.05, 0) is 61.3 Å². The molecule has 1 N–H and O–H groups in total. The van der Waals surface area contributed by atoms with Crippen LogP contribution in [0.3, 0.4) is 0 Å². The summed E-state index contributed by atoms with van der Waals surface area (Å²) < 4.78 is 0. The summed E-state index contributed by atoms with van der Waals surface area (Å²) in [5, 5.41) is 3.53. The molecular weight excluding hydrogens is 194 g/mol. The molecule has 0 bridgehead atoms. The quantitative estimate of drug-likeness (QED) is 0.734. The molecule has 1 aromatic carbocycles. The van der Waals surface area contributed by atoms with Crippen molar-refractivity contribution in [1.29, 1.82) is 0 Å². The van der Waals surface area contributed by atoms with Crippen molar-refractivity contribution in [3.63, 3.8) is 0 Å². The van der Waals surface area contributed by atoms with Crippen LogP contribution in [0.4, 0.5) is 5.69 Å². The van der Waals surface area contributed by atoms with Gasteiger partial charge in [-0.3, -0.25) is 0 Å². The molecule has 0 saturated carbocycles. The highest BCUT2D eigenvalue weighted by molar-refractivity contribution is 5.50. The Labute approximate surface area is 99.3 Å². The topological polar surface area (TPSA) is 12.0 Å². The van der Waals surface area contributed by atoms with Gasteiger partial charge in [-0.25, -0.2) is 0 Å². The van der Waals surface area contributed by atoms with Crippen LogP contribution in [0.2, 0.25) is 0 Å². The first-order chi connectivity index (χ1) is 7.75. The highest BCUT2D eigenvalue weighted by atomic mass is 14.9. The van der Waals surface area contributed by atoms with Gasteiger partial charge < -0.3 is 5.32 Å². The molecule has 0 aliphatic heterocycles. The van der Waals surface area contributed by atoms with E-state index in [1.54, 1.807) is 11.1 Å². The molecule has 1 heteroatoms. The molecule has 0 amide bonds. The Kier molecular flexibility index (Phi) is 3.87. The highest BCUT2D eigenvalue weighted by Crippen LogP contribution is 2.24. The molecule has 16 heavy (non-hydrogen) atoms. The molecule has 1 aromatic rings. The summed E-state index contributed by atoms with van der Waals surface area (Å²) in [6.45, 7) is 5.68. The second kappa shape index (κ2) is 5.38. The largest absolute Gasteiger partial charge is 0.385 e. The fourth-order valence-electron chi connectivity index (χ4n) is 2.42. The van der Waals surface area contributed by atoms with Gasteiger partial charge in [-0.1, -0.05) is 19.9 Å². The summed E-state index contributed by atoms with van der Waals surface area (Å²) in [6.07, 6.45) is 6.48. The van der Waals surface area contributed by atoms with E-state index in [2.05, 4.69) is 37.4 Å². The summed E-state index contributed by atoms with van der Waals surface area (Å²) >= 11 is 0. The van der Waals surface area contributed by atoms with Crippen molar-refractivity contribution >= 4 is 5.69 Å². The van der Waals surface area contributed by atoms with Crippen molar-refractivity contribution < 1.29 is 0 Å². The molecular formula is C15H23N. The number of aryl methyl sites for hydroxylation is 2. The van der Waals surface area contributed by atoms with E-state index in [1.165, 1.54) is 37.8 Å². The maximum absolute atomic E-state index is 3.53. The van der Waals surface area contributed by atoms with E-state index in [0.29, 0.717) is 0 Å².